The van der Waals surface area contributed by atoms with E-state index in [1.807, 2.05) is 0 Å². The Kier molecular flexibility index (Phi) is 10.3. The van der Waals surface area contributed by atoms with Crippen molar-refractivity contribution in [1.29, 1.82) is 0 Å². The van der Waals surface area contributed by atoms with E-state index in [0.29, 0.717) is 37.8 Å². The van der Waals surface area contributed by atoms with Crippen LogP contribution < -0.4 is 5.32 Å². The van der Waals surface area contributed by atoms with Crippen LogP contribution >= 0.6 is 24.0 Å². The van der Waals surface area contributed by atoms with Gasteiger partial charge in [0.15, 0.2) is 5.96 Å². The van der Waals surface area contributed by atoms with Crippen LogP contribution in [-0.2, 0) is 15.8 Å². The van der Waals surface area contributed by atoms with Crippen molar-refractivity contribution in [3.05, 3.63) is 18.0 Å². The second kappa shape index (κ2) is 12.2. The molecule has 1 saturated heterocycles. The lowest BCUT2D eigenvalue weighted by Gasteiger charge is -2.36. The minimum atomic E-state index is -3.38. The van der Waals surface area contributed by atoms with Gasteiger partial charge in [0.25, 0.3) is 0 Å². The second-order valence-corrected chi connectivity index (χ2v) is 10.1. The van der Waals surface area contributed by atoms with Crippen LogP contribution in [0.1, 0.15) is 51.6 Å². The SMILES string of the molecule is CCNC(=NCC1CCC(CC)CC1)N1CCN(S(=O)(=O)Cc2ccon2)CC1.I. The zero-order valence-corrected chi connectivity index (χ0v) is 21.3. The highest BCUT2D eigenvalue weighted by molar-refractivity contribution is 14.0. The number of aliphatic imine (C=N–C) groups is 1. The standard InChI is InChI=1S/C20H35N5O3S.HI/c1-3-17-5-7-18(8-6-17)15-22-20(21-4-2)24-10-12-25(13-11-24)29(26,27)16-19-9-14-28-23-19;/h9,14,17-18H,3-8,10-13,15-16H2,1-2H3,(H,21,22);1H. The number of hydrogen-bond acceptors (Lipinski definition) is 5. The summed E-state index contributed by atoms with van der Waals surface area (Å²) in [5, 5.41) is 7.11. The maximum atomic E-state index is 12.6. The van der Waals surface area contributed by atoms with E-state index in [1.54, 1.807) is 10.4 Å². The van der Waals surface area contributed by atoms with Crippen molar-refractivity contribution in [2.24, 2.45) is 16.8 Å². The summed E-state index contributed by atoms with van der Waals surface area (Å²) in [5.74, 6) is 2.38. The van der Waals surface area contributed by atoms with Crippen molar-refractivity contribution in [2.75, 3.05) is 39.3 Å². The molecular formula is C20H36IN5O3S. The van der Waals surface area contributed by atoms with Gasteiger partial charge in [0, 0.05) is 45.3 Å². The summed E-state index contributed by atoms with van der Waals surface area (Å²) in [5.41, 5.74) is 0.445. The zero-order chi connectivity index (χ0) is 20.7. The number of nitrogens with zero attached hydrogens (tertiary/aromatic N) is 4. The van der Waals surface area contributed by atoms with Crippen molar-refractivity contribution in [3.8, 4) is 0 Å². The second-order valence-electron chi connectivity index (χ2n) is 8.12. The molecule has 1 aliphatic carbocycles. The van der Waals surface area contributed by atoms with Crippen LogP contribution in [0, 0.1) is 11.8 Å². The molecule has 0 unspecified atom stereocenters. The predicted octanol–water partition coefficient (Wildman–Crippen LogP) is 2.92. The average Bonchev–Trinajstić information content (AvgIpc) is 3.24. The first-order valence-electron chi connectivity index (χ1n) is 10.9. The number of piperazine rings is 1. The van der Waals surface area contributed by atoms with E-state index in [1.165, 1.54) is 38.4 Å². The molecule has 2 aliphatic rings. The maximum absolute atomic E-state index is 12.6. The summed E-state index contributed by atoms with van der Waals surface area (Å²) in [6.07, 6.45) is 7.90. The maximum Gasteiger partial charge on any atom is 0.220 e. The minimum absolute atomic E-state index is 0. The lowest BCUT2D eigenvalue weighted by molar-refractivity contribution is 0.255. The van der Waals surface area contributed by atoms with E-state index in [0.717, 1.165) is 25.0 Å². The summed E-state index contributed by atoms with van der Waals surface area (Å²) in [6, 6.07) is 1.59. The predicted molar refractivity (Wildman–Crippen MR) is 129 cm³/mol. The number of guanidine groups is 1. The van der Waals surface area contributed by atoms with Gasteiger partial charge in [-0.05, 0) is 31.6 Å². The van der Waals surface area contributed by atoms with E-state index in [2.05, 4.69) is 29.2 Å². The van der Waals surface area contributed by atoms with Crippen molar-refractivity contribution in [3.63, 3.8) is 0 Å². The molecule has 8 nitrogen and oxygen atoms in total. The Balaban J connectivity index is 0.00000320. The molecule has 0 spiro atoms. The molecule has 1 saturated carbocycles. The molecule has 1 N–H and O–H groups in total. The molecule has 1 aromatic heterocycles. The lowest BCUT2D eigenvalue weighted by atomic mass is 9.81. The molecule has 30 heavy (non-hydrogen) atoms. The summed E-state index contributed by atoms with van der Waals surface area (Å²) in [6.45, 7) is 8.26. The van der Waals surface area contributed by atoms with E-state index in [4.69, 9.17) is 9.52 Å². The lowest BCUT2D eigenvalue weighted by Crippen LogP contribution is -2.54. The van der Waals surface area contributed by atoms with E-state index < -0.39 is 10.0 Å². The van der Waals surface area contributed by atoms with Gasteiger partial charge in [-0.1, -0.05) is 31.3 Å². The number of hydrogen-bond donors (Lipinski definition) is 1. The van der Waals surface area contributed by atoms with Crippen LogP contribution in [0.15, 0.2) is 21.8 Å². The Bertz CT molecular complexity index is 741. The Morgan fingerprint density at radius 3 is 2.40 bits per heavy atom. The molecular weight excluding hydrogens is 517 g/mol. The first kappa shape index (κ1) is 25.4. The summed E-state index contributed by atoms with van der Waals surface area (Å²) in [7, 11) is -3.38. The van der Waals surface area contributed by atoms with Gasteiger partial charge in [-0.25, -0.2) is 8.42 Å². The third-order valence-electron chi connectivity index (χ3n) is 6.13. The van der Waals surface area contributed by atoms with Gasteiger partial charge < -0.3 is 14.7 Å². The van der Waals surface area contributed by atoms with Crippen LogP contribution in [0.25, 0.3) is 0 Å². The minimum Gasteiger partial charge on any atom is -0.364 e. The number of halogens is 1. The van der Waals surface area contributed by atoms with E-state index >= 15 is 0 Å². The number of rotatable bonds is 7. The number of nitrogens with one attached hydrogen (secondary N) is 1. The van der Waals surface area contributed by atoms with E-state index in [9.17, 15) is 8.42 Å². The van der Waals surface area contributed by atoms with Gasteiger partial charge in [-0.3, -0.25) is 4.99 Å². The van der Waals surface area contributed by atoms with Crippen molar-refractivity contribution >= 4 is 40.0 Å². The summed E-state index contributed by atoms with van der Waals surface area (Å²) < 4.78 is 31.5. The van der Waals surface area contributed by atoms with Gasteiger partial charge >= 0.3 is 0 Å². The quantitative estimate of drug-likeness (QED) is 0.317. The molecule has 3 rings (SSSR count). The Morgan fingerprint density at radius 2 is 1.83 bits per heavy atom. The fraction of sp³-hybridized carbons (Fsp3) is 0.800. The monoisotopic (exact) mass is 553 g/mol. The average molecular weight is 554 g/mol. The highest BCUT2D eigenvalue weighted by atomic mass is 127. The molecule has 10 heteroatoms. The molecule has 0 radical (unpaired) electrons. The highest BCUT2D eigenvalue weighted by Gasteiger charge is 2.29. The molecule has 2 heterocycles. The molecule has 172 valence electrons. The van der Waals surface area contributed by atoms with Crippen LogP contribution in [-0.4, -0.2) is 68.0 Å². The smallest absolute Gasteiger partial charge is 0.220 e. The van der Waals surface area contributed by atoms with Gasteiger partial charge in [0.1, 0.15) is 12.0 Å². The highest BCUT2D eigenvalue weighted by Crippen LogP contribution is 2.30. The fourth-order valence-electron chi connectivity index (χ4n) is 4.23. The van der Waals surface area contributed by atoms with Gasteiger partial charge in [-0.15, -0.1) is 24.0 Å². The van der Waals surface area contributed by atoms with Crippen molar-refractivity contribution in [1.82, 2.24) is 19.7 Å². The van der Waals surface area contributed by atoms with E-state index in [-0.39, 0.29) is 29.7 Å². The number of sulfonamides is 1. The van der Waals surface area contributed by atoms with Crippen LogP contribution in [0.4, 0.5) is 0 Å². The fourth-order valence-corrected chi connectivity index (χ4v) is 5.66. The molecule has 1 aromatic rings. The van der Waals surface area contributed by atoms with Gasteiger partial charge in [0.05, 0.1) is 5.69 Å². The summed E-state index contributed by atoms with van der Waals surface area (Å²) in [4.78, 5) is 7.08. The third kappa shape index (κ3) is 7.08. The topological polar surface area (TPSA) is 91.0 Å². The molecule has 1 aliphatic heterocycles. The molecule has 0 atom stereocenters. The van der Waals surface area contributed by atoms with Crippen LogP contribution in [0.2, 0.25) is 0 Å². The third-order valence-corrected chi connectivity index (χ3v) is 7.94. The Hall–Kier alpha value is -0.880. The van der Waals surface area contributed by atoms with Crippen molar-refractivity contribution in [2.45, 2.75) is 51.7 Å². The van der Waals surface area contributed by atoms with Gasteiger partial charge in [0.2, 0.25) is 10.0 Å². The summed E-state index contributed by atoms with van der Waals surface area (Å²) >= 11 is 0. The normalized spacial score (nSPS) is 23.8. The molecule has 0 bridgehead atoms. The first-order valence-corrected chi connectivity index (χ1v) is 12.5. The first-order chi connectivity index (χ1) is 14.0. The molecule has 0 amide bonds. The van der Waals surface area contributed by atoms with Gasteiger partial charge in [-0.2, -0.15) is 4.31 Å². The Morgan fingerprint density at radius 1 is 1.17 bits per heavy atom. The van der Waals surface area contributed by atoms with Crippen LogP contribution in [0.5, 0.6) is 0 Å². The van der Waals surface area contributed by atoms with Crippen molar-refractivity contribution < 1.29 is 12.9 Å². The molecule has 0 aromatic carbocycles. The van der Waals surface area contributed by atoms with Crippen LogP contribution in [0.3, 0.4) is 0 Å². The number of aromatic nitrogens is 1. The molecule has 2 fully saturated rings. The Labute approximate surface area is 197 Å². The largest absolute Gasteiger partial charge is 0.364 e. The zero-order valence-electron chi connectivity index (χ0n) is 18.1.